The summed E-state index contributed by atoms with van der Waals surface area (Å²) < 4.78 is 41.4. The fourth-order valence-electron chi connectivity index (χ4n) is 6.04. The maximum atomic E-state index is 15.4. The topological polar surface area (TPSA) is 87.6 Å². The number of carbonyl (C=O) groups excluding carboxylic acids is 1. The highest BCUT2D eigenvalue weighted by molar-refractivity contribution is 5.87. The predicted molar refractivity (Wildman–Crippen MR) is 148 cm³/mol. The van der Waals surface area contributed by atoms with Crippen LogP contribution in [0.2, 0.25) is 0 Å². The molecule has 0 aliphatic heterocycles. The molecule has 5 nitrogen and oxygen atoms in total. The van der Waals surface area contributed by atoms with Crippen molar-refractivity contribution in [1.29, 1.82) is 0 Å². The van der Waals surface area contributed by atoms with Crippen LogP contribution in [-0.2, 0) is 16.0 Å². The van der Waals surface area contributed by atoms with Gasteiger partial charge in [-0.1, -0.05) is 44.4 Å². The number of rotatable bonds is 12. The van der Waals surface area contributed by atoms with Gasteiger partial charge in [0.2, 0.25) is 0 Å². The molecule has 38 heavy (non-hydrogen) atoms. The minimum Gasteiger partial charge on any atom is -0.462 e. The van der Waals surface area contributed by atoms with Crippen molar-refractivity contribution in [1.82, 2.24) is 0 Å². The number of nitrogens with two attached hydrogens (primary N) is 2. The molecule has 3 aliphatic rings. The summed E-state index contributed by atoms with van der Waals surface area (Å²) in [5.74, 6) is -0.360. The van der Waals surface area contributed by atoms with Crippen LogP contribution in [0.1, 0.15) is 82.3 Å². The lowest BCUT2D eigenvalue weighted by molar-refractivity contribution is -0.289. The van der Waals surface area contributed by atoms with E-state index < -0.39 is 17.5 Å². The van der Waals surface area contributed by atoms with Gasteiger partial charge < -0.3 is 20.9 Å². The molecule has 0 heterocycles. The largest absolute Gasteiger partial charge is 0.462 e. The first kappa shape index (κ1) is 27.9. The van der Waals surface area contributed by atoms with Crippen molar-refractivity contribution in [2.75, 3.05) is 18.1 Å². The minimum atomic E-state index is -3.21. The van der Waals surface area contributed by atoms with Crippen molar-refractivity contribution in [3.63, 3.8) is 0 Å². The highest BCUT2D eigenvalue weighted by atomic mass is 19.3. The molecule has 0 atom stereocenters. The number of alkyl halides is 2. The van der Waals surface area contributed by atoms with Crippen molar-refractivity contribution in [2.24, 2.45) is 10.8 Å². The standard InChI is InChI=1S/C31H40F2N2O3/c1-2-3-4-14-29-15-18-30(19-16-29,20-17-29)31(32,33)38-26-10-5-23(6-11-26)7-12-28(36)37-21-13-24-8-9-25(34)22-27(24)35/h5-12,22H,2-4,13-21,34-35H2,1H3/b12-7+. The van der Waals surface area contributed by atoms with Gasteiger partial charge in [-0.2, -0.15) is 8.78 Å². The van der Waals surface area contributed by atoms with Gasteiger partial charge in [-0.15, -0.1) is 0 Å². The normalized spacial score (nSPS) is 23.0. The Bertz CT molecular complexity index is 1110. The number of hydrogen-bond acceptors (Lipinski definition) is 5. The number of unbranched alkanes of at least 4 members (excludes halogenated alkanes) is 2. The highest BCUT2D eigenvalue weighted by Gasteiger charge is 2.62. The van der Waals surface area contributed by atoms with Gasteiger partial charge in [0.05, 0.1) is 12.0 Å². The van der Waals surface area contributed by atoms with Crippen molar-refractivity contribution in [3.05, 3.63) is 59.7 Å². The molecule has 5 rings (SSSR count). The summed E-state index contributed by atoms with van der Waals surface area (Å²) in [5.41, 5.74) is 13.5. The van der Waals surface area contributed by atoms with E-state index >= 15 is 8.78 Å². The number of anilines is 2. The lowest BCUT2D eigenvalue weighted by Gasteiger charge is -2.55. The Kier molecular flexibility index (Phi) is 8.64. The summed E-state index contributed by atoms with van der Waals surface area (Å²) >= 11 is 0. The van der Waals surface area contributed by atoms with E-state index in [2.05, 4.69) is 6.92 Å². The van der Waals surface area contributed by atoms with Crippen molar-refractivity contribution in [2.45, 2.75) is 83.7 Å². The summed E-state index contributed by atoms with van der Waals surface area (Å²) in [6, 6.07) is 11.6. The van der Waals surface area contributed by atoms with E-state index in [-0.39, 0.29) is 17.8 Å². The van der Waals surface area contributed by atoms with Gasteiger partial charge in [0, 0.05) is 23.9 Å². The van der Waals surface area contributed by atoms with Crippen LogP contribution in [0.25, 0.3) is 6.08 Å². The van der Waals surface area contributed by atoms with Crippen LogP contribution in [0, 0.1) is 10.8 Å². The molecule has 0 aromatic heterocycles. The van der Waals surface area contributed by atoms with Gasteiger partial charge >= 0.3 is 12.1 Å². The van der Waals surface area contributed by atoms with E-state index in [1.54, 1.807) is 30.3 Å². The molecular weight excluding hydrogens is 486 g/mol. The second-order valence-electron chi connectivity index (χ2n) is 11.1. The molecule has 3 fully saturated rings. The monoisotopic (exact) mass is 526 g/mol. The fraction of sp³-hybridized carbons (Fsp3) is 0.516. The predicted octanol–water partition coefficient (Wildman–Crippen LogP) is 7.54. The lowest BCUT2D eigenvalue weighted by Crippen LogP contribution is -2.53. The van der Waals surface area contributed by atoms with Gasteiger partial charge in [0.15, 0.2) is 0 Å². The van der Waals surface area contributed by atoms with E-state index in [1.807, 2.05) is 6.07 Å². The second kappa shape index (κ2) is 11.7. The number of fused-ring (bicyclic) bond motifs is 3. The number of benzene rings is 2. The van der Waals surface area contributed by atoms with Crippen LogP contribution in [0.15, 0.2) is 48.5 Å². The maximum absolute atomic E-state index is 15.4. The van der Waals surface area contributed by atoms with E-state index in [0.717, 1.165) is 24.8 Å². The molecule has 3 aliphatic carbocycles. The molecule has 2 aromatic rings. The van der Waals surface area contributed by atoms with Gasteiger partial charge in [0.1, 0.15) is 5.75 Å². The van der Waals surface area contributed by atoms with E-state index in [0.29, 0.717) is 42.6 Å². The van der Waals surface area contributed by atoms with Crippen LogP contribution in [0.5, 0.6) is 5.75 Å². The summed E-state index contributed by atoms with van der Waals surface area (Å²) in [6.45, 7) is 2.38. The van der Waals surface area contributed by atoms with Crippen LogP contribution >= 0.6 is 0 Å². The summed E-state index contributed by atoms with van der Waals surface area (Å²) in [5, 5.41) is 0. The molecule has 4 N–H and O–H groups in total. The molecular formula is C31H40F2N2O3. The third kappa shape index (κ3) is 6.48. The number of nitrogen functional groups attached to an aromatic ring is 2. The molecule has 0 saturated heterocycles. The summed E-state index contributed by atoms with van der Waals surface area (Å²) in [4.78, 5) is 12.1. The van der Waals surface area contributed by atoms with Gasteiger partial charge in [-0.3, -0.25) is 0 Å². The zero-order valence-electron chi connectivity index (χ0n) is 22.3. The number of halogens is 2. The molecule has 0 unspecified atom stereocenters. The lowest BCUT2D eigenvalue weighted by atomic mass is 9.52. The van der Waals surface area contributed by atoms with Crippen LogP contribution in [0.4, 0.5) is 20.2 Å². The third-order valence-corrected chi connectivity index (χ3v) is 8.65. The van der Waals surface area contributed by atoms with Crippen LogP contribution in [-0.4, -0.2) is 18.7 Å². The first-order chi connectivity index (χ1) is 18.2. The van der Waals surface area contributed by atoms with Gasteiger partial charge in [-0.05, 0) is 91.8 Å². The molecule has 0 spiro atoms. The molecule has 3 saturated carbocycles. The summed E-state index contributed by atoms with van der Waals surface area (Å²) in [7, 11) is 0. The zero-order chi connectivity index (χ0) is 27.2. The molecule has 2 aromatic carbocycles. The highest BCUT2D eigenvalue weighted by Crippen LogP contribution is 2.63. The molecule has 2 bridgehead atoms. The van der Waals surface area contributed by atoms with Gasteiger partial charge in [-0.25, -0.2) is 4.79 Å². The molecule has 0 radical (unpaired) electrons. The Morgan fingerprint density at radius 2 is 1.68 bits per heavy atom. The smallest absolute Gasteiger partial charge is 0.403 e. The van der Waals surface area contributed by atoms with E-state index in [9.17, 15) is 4.79 Å². The fourth-order valence-corrected chi connectivity index (χ4v) is 6.04. The third-order valence-electron chi connectivity index (χ3n) is 8.65. The average molecular weight is 527 g/mol. The number of esters is 1. The molecule has 0 amide bonds. The number of carbonyl (C=O) groups is 1. The Labute approximate surface area is 224 Å². The SMILES string of the molecule is CCCCCC12CCC(C(F)(F)Oc3ccc(/C=C/C(=O)OCCc4ccc(N)cc4N)cc3)(CC1)CC2. The van der Waals surface area contributed by atoms with E-state index in [4.69, 9.17) is 20.9 Å². The second-order valence-corrected chi connectivity index (χ2v) is 11.1. The Hall–Kier alpha value is -3.09. The van der Waals surface area contributed by atoms with Crippen LogP contribution < -0.4 is 16.2 Å². The Balaban J connectivity index is 1.26. The molecule has 206 valence electrons. The van der Waals surface area contributed by atoms with Crippen LogP contribution in [0.3, 0.4) is 0 Å². The number of ether oxygens (including phenoxy) is 2. The number of hydrogen-bond donors (Lipinski definition) is 2. The first-order valence-electron chi connectivity index (χ1n) is 13.8. The summed E-state index contributed by atoms with van der Waals surface area (Å²) in [6.07, 6.45) is 9.16. The molecule has 7 heteroatoms. The van der Waals surface area contributed by atoms with Crippen molar-refractivity contribution < 1.29 is 23.0 Å². The Morgan fingerprint density at radius 3 is 2.32 bits per heavy atom. The van der Waals surface area contributed by atoms with E-state index in [1.165, 1.54) is 43.9 Å². The van der Waals surface area contributed by atoms with Crippen molar-refractivity contribution >= 4 is 23.4 Å². The van der Waals surface area contributed by atoms with Gasteiger partial charge in [0.25, 0.3) is 0 Å². The first-order valence-corrected chi connectivity index (χ1v) is 13.8. The van der Waals surface area contributed by atoms with Crippen molar-refractivity contribution in [3.8, 4) is 5.75 Å². The Morgan fingerprint density at radius 1 is 1.00 bits per heavy atom. The average Bonchev–Trinajstić information content (AvgIpc) is 2.90. The minimum absolute atomic E-state index is 0.135. The zero-order valence-corrected chi connectivity index (χ0v) is 22.3. The maximum Gasteiger partial charge on any atom is 0.403 e. The quantitative estimate of drug-likeness (QED) is 0.129.